The van der Waals surface area contributed by atoms with Crippen LogP contribution in [0.5, 0.6) is 5.75 Å². The minimum absolute atomic E-state index is 0.0208. The number of Topliss-reactive ketones (excluding diaryl/α,β-unsaturated/α-hetero) is 5. The van der Waals surface area contributed by atoms with Gasteiger partial charge in [0.15, 0.2) is 35.3 Å². The van der Waals surface area contributed by atoms with E-state index >= 15 is 0 Å². The van der Waals surface area contributed by atoms with Gasteiger partial charge in [0, 0.05) is 47.5 Å². The minimum Gasteiger partial charge on any atom is -0.504 e. The van der Waals surface area contributed by atoms with Crippen molar-refractivity contribution in [3.8, 4) is 5.75 Å². The maximum Gasteiger partial charge on any atom is 0.440 e. The first-order valence-electron chi connectivity index (χ1n) is 33.9. The van der Waals surface area contributed by atoms with E-state index in [2.05, 4.69) is 86.9 Å². The average Bonchev–Trinajstić information content (AvgIpc) is 1.78. The molecule has 41 heteroatoms. The molecule has 6 aromatic rings. The van der Waals surface area contributed by atoms with Crippen LogP contribution in [0.15, 0.2) is 42.3 Å². The lowest BCUT2D eigenvalue weighted by Gasteiger charge is -2.11. The number of alkyl carbamates (subject to hydrolysis) is 1. The maximum atomic E-state index is 11.0. The van der Waals surface area contributed by atoms with Gasteiger partial charge in [-0.15, -0.1) is 14.9 Å². The molecule has 1 aromatic carbocycles. The summed E-state index contributed by atoms with van der Waals surface area (Å²) in [4.78, 5) is 193. The summed E-state index contributed by atoms with van der Waals surface area (Å²) in [6.07, 6.45) is -1.01. The summed E-state index contributed by atoms with van der Waals surface area (Å²) < 4.78 is 27.7. The predicted molar refractivity (Wildman–Crippen MR) is 390 cm³/mol. The molecule has 594 valence electrons. The van der Waals surface area contributed by atoms with E-state index in [1.54, 1.807) is 41.5 Å². The average molecular weight is 1570 g/mol. The second-order valence-corrected chi connectivity index (χ2v) is 29.7. The Bertz CT molecular complexity index is 3940. The molecule has 107 heavy (non-hydrogen) atoms. The zero-order valence-electron chi connectivity index (χ0n) is 63.8. The quantitative estimate of drug-likeness (QED) is 0.0215. The standard InChI is InChI=1S/C8H12O2.C7H11NO2.C7H10O3.C7H8O3.C6H9NO3.C6H9NO2S.C5H8N4O.C5H8N2O3.C5H8N2O2.2C5H8N2OS/c1-5(2)7-3-6(9)4-8(7)10;1-4(2)7-5(9)3-6(10)8-7;1-4(2)7-5(8)3-6(9)10-7;1-3(2)4-5(8)7(10)6(4)9;2*1-3(2)4-5(8)7-6(9)10-4;1-3(2)4(10)5-6-8-9-7-5;1-3(2)7-4(8)6-5(9)10-7;2*1-3(2)4-6-5(8)9-7-4;1-3(2)4-6-5(9)8-7-4/h5,7H,3-4H2,1-2H3;4,7H,3H2,1-2H3,(H,8,10);4,7H,3H2,1-2H3;3,8H,1-2H3;2*3-4H,1-2H3,(H,7,8,9);3H,1-2H3,(H,6,7,8,9);3H,1-2H3,(H,6,8,9);2*3H,1-2H3,(H,6,7,8);3H,1-2H3,(H,6,7,9). The van der Waals surface area contributed by atoms with Crippen LogP contribution in [0.2, 0.25) is 0 Å². The number of carbonyl (C=O) groups excluding carboxylic acids is 11. The van der Waals surface area contributed by atoms with Crippen LogP contribution in [0.4, 0.5) is 9.59 Å². The van der Waals surface area contributed by atoms with Gasteiger partial charge in [-0.1, -0.05) is 155 Å². The molecule has 5 fully saturated rings. The number of cyclic esters (lactones) is 2. The number of ether oxygens (including phenoxy) is 2. The number of rotatable bonds is 12. The van der Waals surface area contributed by atoms with Gasteiger partial charge in [-0.2, -0.15) is 14.6 Å². The van der Waals surface area contributed by atoms with Gasteiger partial charge >= 0.3 is 39.0 Å². The Balaban J connectivity index is 0.000000589. The molecule has 5 atom stereocenters. The molecule has 1 aliphatic carbocycles. The first-order valence-corrected chi connectivity index (χ1v) is 36.0. The monoisotopic (exact) mass is 1570 g/mol. The van der Waals surface area contributed by atoms with Gasteiger partial charge in [0.25, 0.3) is 16.6 Å². The van der Waals surface area contributed by atoms with E-state index in [0.29, 0.717) is 30.0 Å². The molecule has 5 amide bonds. The molecule has 11 rings (SSSR count). The number of nitrogens with zero attached hydrogens (tertiary/aromatic N) is 7. The van der Waals surface area contributed by atoms with E-state index in [1.807, 2.05) is 121 Å². The number of nitrogens with one attached hydrogen (secondary N) is 8. The highest BCUT2D eigenvalue weighted by Gasteiger charge is 2.37. The molecule has 5 aliphatic rings. The number of imide groups is 2. The number of ketones is 5. The third-order valence-electron chi connectivity index (χ3n) is 14.5. The Kier molecular flexibility index (Phi) is 40.5. The SMILES string of the molecule is CC(C)C(=O)c1nn[nH]n1.CC(C)C1CC(=O)CC1=O.CC(C)C1NC(=O)CC1=O.CC(C)C1OC(=O)CC1=O.CC(C)C1OC(=O)NC1=O.CC(C)C1SC(=O)NC1=O.CC(C)c1c(O)c(=O)c1=O.CC(C)c1nc(=S)o[nH]1.CC(C)c1noc(=O)[nH]1.CC(C)c1nsc(=O)[nH]1.CC(C)n1oc(=O)[nH]c1=O. The zero-order chi connectivity index (χ0) is 82.3. The first-order chi connectivity index (χ1) is 49.5. The topological polar surface area (TPSA) is 566 Å². The fourth-order valence-electron chi connectivity index (χ4n) is 8.65. The number of tetrazole rings is 1. The van der Waals surface area contributed by atoms with E-state index in [-0.39, 0.29) is 169 Å². The summed E-state index contributed by atoms with van der Waals surface area (Å²) in [5.74, 6) is 1.65. The number of aromatic nitrogens is 12. The normalized spacial score (nSPS) is 17.7. The summed E-state index contributed by atoms with van der Waals surface area (Å²) in [7, 11) is 0. The number of aromatic amines is 5. The summed E-state index contributed by atoms with van der Waals surface area (Å²) in [5.41, 5.74) is -1.51. The number of esters is 1. The molecule has 5 aromatic heterocycles. The molecule has 0 spiro atoms. The van der Waals surface area contributed by atoms with Gasteiger partial charge in [0.2, 0.25) is 28.9 Å². The van der Waals surface area contributed by atoms with Crippen LogP contribution in [0.25, 0.3) is 0 Å². The van der Waals surface area contributed by atoms with Crippen molar-refractivity contribution < 1.29 is 80.9 Å². The lowest BCUT2D eigenvalue weighted by atomic mass is 9.94. The summed E-state index contributed by atoms with van der Waals surface area (Å²) >= 11 is 6.70. The second kappa shape index (κ2) is 45.5. The molecular weight excluding hydrogens is 1470 g/mol. The van der Waals surface area contributed by atoms with Crippen molar-refractivity contribution in [1.82, 2.24) is 75.9 Å². The fraction of sp³-hybridized carbons (Fsp3) is 0.636. The van der Waals surface area contributed by atoms with Gasteiger partial charge in [0.1, 0.15) is 29.6 Å². The molecule has 5 unspecified atom stereocenters. The molecule has 1 saturated carbocycles. The predicted octanol–water partition coefficient (Wildman–Crippen LogP) is 6.25. The highest BCUT2D eigenvalue weighted by atomic mass is 32.2. The molecule has 4 saturated heterocycles. The van der Waals surface area contributed by atoms with Crippen molar-refractivity contribution >= 4 is 99.5 Å². The van der Waals surface area contributed by atoms with Crippen LogP contribution in [0, 0.1) is 46.3 Å². The number of amides is 5. The van der Waals surface area contributed by atoms with E-state index < -0.39 is 46.4 Å². The van der Waals surface area contributed by atoms with Crippen LogP contribution in [0.1, 0.15) is 241 Å². The lowest BCUT2D eigenvalue weighted by Crippen LogP contribution is -2.34. The Morgan fingerprint density at radius 1 is 0.598 bits per heavy atom. The number of aromatic hydroxyl groups is 1. The number of hydrogen-bond acceptors (Lipinski definition) is 32. The van der Waals surface area contributed by atoms with Crippen LogP contribution in [0.3, 0.4) is 0 Å². The third-order valence-corrected chi connectivity index (χ3v) is 16.6. The van der Waals surface area contributed by atoms with Crippen LogP contribution < -0.4 is 48.9 Å². The molecule has 38 nitrogen and oxygen atoms in total. The van der Waals surface area contributed by atoms with Gasteiger partial charge in [-0.05, 0) is 66.8 Å². The van der Waals surface area contributed by atoms with E-state index in [0.717, 1.165) is 39.7 Å². The van der Waals surface area contributed by atoms with Crippen LogP contribution >= 0.6 is 35.5 Å². The molecule has 9 heterocycles. The van der Waals surface area contributed by atoms with E-state index in [1.165, 1.54) is 0 Å². The Morgan fingerprint density at radius 2 is 1.19 bits per heavy atom. The summed E-state index contributed by atoms with van der Waals surface area (Å²) in [6, 6.07) is -0.348. The van der Waals surface area contributed by atoms with Crippen molar-refractivity contribution in [2.75, 3.05) is 0 Å². The lowest BCUT2D eigenvalue weighted by molar-refractivity contribution is -0.144. The van der Waals surface area contributed by atoms with Crippen molar-refractivity contribution in [2.45, 2.75) is 231 Å². The Morgan fingerprint density at radius 3 is 1.41 bits per heavy atom. The highest BCUT2D eigenvalue weighted by Crippen LogP contribution is 2.26. The van der Waals surface area contributed by atoms with Crippen LogP contribution in [-0.4, -0.2) is 153 Å². The van der Waals surface area contributed by atoms with E-state index in [4.69, 9.17) is 14.4 Å². The number of carbonyl (C=O) groups is 11. The second-order valence-electron chi connectivity index (χ2n) is 27.5. The largest absolute Gasteiger partial charge is 0.504 e. The molecule has 0 bridgehead atoms. The molecular formula is C66H99N15O23S3. The summed E-state index contributed by atoms with van der Waals surface area (Å²) in [5, 5.41) is 34.0. The van der Waals surface area contributed by atoms with Gasteiger partial charge in [-0.25, -0.2) is 29.3 Å². The van der Waals surface area contributed by atoms with Crippen molar-refractivity contribution in [3.63, 3.8) is 0 Å². The zero-order valence-corrected chi connectivity index (χ0v) is 66.3. The van der Waals surface area contributed by atoms with Crippen molar-refractivity contribution in [3.05, 3.63) is 95.4 Å². The Hall–Kier alpha value is -9.93. The summed E-state index contributed by atoms with van der Waals surface area (Å²) in [6.45, 7) is 41.5. The van der Waals surface area contributed by atoms with E-state index in [9.17, 15) is 81.5 Å². The van der Waals surface area contributed by atoms with Crippen LogP contribution in [-0.2, 0) is 47.8 Å². The highest BCUT2D eigenvalue weighted by molar-refractivity contribution is 8.15. The van der Waals surface area contributed by atoms with Crippen molar-refractivity contribution in [2.24, 2.45) is 41.4 Å². The number of thioether (sulfide) groups is 1. The van der Waals surface area contributed by atoms with Gasteiger partial charge in [-0.3, -0.25) is 87.5 Å². The molecule has 4 aliphatic heterocycles. The van der Waals surface area contributed by atoms with Gasteiger partial charge in [0.05, 0.1) is 35.7 Å². The maximum absolute atomic E-state index is 11.0. The number of hydrogen-bond donors (Lipinski definition) is 9. The Labute approximate surface area is 627 Å². The fourth-order valence-corrected chi connectivity index (χ4v) is 10.2. The first kappa shape index (κ1) is 95.1. The smallest absolute Gasteiger partial charge is 0.440 e. The number of H-pyrrole nitrogens is 5. The third kappa shape index (κ3) is 33.2. The van der Waals surface area contributed by atoms with Gasteiger partial charge < -0.3 is 28.9 Å². The van der Waals surface area contributed by atoms with Crippen molar-refractivity contribution in [1.29, 1.82) is 0 Å². The minimum atomic E-state index is -0.747. The molecule has 0 radical (unpaired) electrons. The molecule has 9 N–H and O–H groups in total.